The molecule has 0 bridgehead atoms. The van der Waals surface area contributed by atoms with Crippen LogP contribution in [0.1, 0.15) is 23.0 Å². The molecule has 31 heavy (non-hydrogen) atoms. The molecule has 0 saturated heterocycles. The van der Waals surface area contributed by atoms with Crippen LogP contribution < -0.4 is 16.0 Å². The Balaban J connectivity index is 2.00. The molecule has 3 rings (SSSR count). The molecule has 3 aromatic rings. The van der Waals surface area contributed by atoms with Gasteiger partial charge in [0, 0.05) is 24.2 Å². The lowest BCUT2D eigenvalue weighted by molar-refractivity contribution is -0.117. The van der Waals surface area contributed by atoms with Gasteiger partial charge in [-0.25, -0.2) is 9.97 Å². The minimum Gasteiger partial charge on any atom is -0.309 e. The maximum atomic E-state index is 12.6. The fraction of sp³-hybridized carbons (Fsp3) is 0.143. The average Bonchev–Trinajstić information content (AvgIpc) is 2.78. The number of nitrogens with one attached hydrogen (secondary N) is 3. The number of anilines is 2. The van der Waals surface area contributed by atoms with E-state index in [1.54, 1.807) is 44.4 Å². The first-order valence-electron chi connectivity index (χ1n) is 9.19. The van der Waals surface area contributed by atoms with Crippen LogP contribution in [0.2, 0.25) is 5.02 Å². The van der Waals surface area contributed by atoms with Crippen LogP contribution >= 0.6 is 11.6 Å². The second kappa shape index (κ2) is 9.75. The number of carbonyl (C=O) groups excluding carboxylic acids is 2. The second-order valence-corrected chi connectivity index (χ2v) is 6.91. The van der Waals surface area contributed by atoms with Gasteiger partial charge in [-0.2, -0.15) is 5.26 Å². The lowest BCUT2D eigenvalue weighted by Crippen LogP contribution is -2.35. The number of hydrogen-bond donors (Lipinski definition) is 3. The molecule has 1 unspecified atom stereocenters. The molecule has 0 fully saturated rings. The Kier molecular flexibility index (Phi) is 6.87. The molecule has 3 heterocycles. The molecule has 10 heteroatoms. The maximum Gasteiger partial charge on any atom is 0.275 e. The minimum absolute atomic E-state index is 0.146. The van der Waals surface area contributed by atoms with E-state index in [9.17, 15) is 14.9 Å². The number of halogens is 1. The molecule has 2 amide bonds. The van der Waals surface area contributed by atoms with Crippen LogP contribution in [0.15, 0.2) is 48.9 Å². The highest BCUT2D eigenvalue weighted by atomic mass is 35.5. The maximum absolute atomic E-state index is 12.6. The molecule has 1 atom stereocenters. The Hall–Kier alpha value is -3.87. The summed E-state index contributed by atoms with van der Waals surface area (Å²) in [7, 11) is 1.66. The van der Waals surface area contributed by atoms with Crippen molar-refractivity contribution in [2.75, 3.05) is 17.7 Å². The first-order chi connectivity index (χ1) is 14.9. The van der Waals surface area contributed by atoms with Gasteiger partial charge in [-0.1, -0.05) is 11.6 Å². The van der Waals surface area contributed by atoms with E-state index in [0.717, 1.165) is 0 Å². The summed E-state index contributed by atoms with van der Waals surface area (Å²) in [4.78, 5) is 37.1. The lowest BCUT2D eigenvalue weighted by Gasteiger charge is -2.14. The van der Waals surface area contributed by atoms with Crippen molar-refractivity contribution in [3.63, 3.8) is 0 Å². The highest BCUT2D eigenvalue weighted by Crippen LogP contribution is 2.27. The van der Waals surface area contributed by atoms with E-state index >= 15 is 0 Å². The number of nitriles is 1. The Morgan fingerprint density at radius 2 is 1.87 bits per heavy atom. The first-order valence-corrected chi connectivity index (χ1v) is 9.56. The summed E-state index contributed by atoms with van der Waals surface area (Å²) in [6.07, 6.45) is 4.35. The van der Waals surface area contributed by atoms with Crippen LogP contribution in [-0.4, -0.2) is 39.9 Å². The average molecular weight is 436 g/mol. The SMILES string of the molecule is CNC(C)C(=O)Nc1cc(-c2ccncc2C#N)cc(NC(=O)c2ccc(Cl)cn2)n1. The van der Waals surface area contributed by atoms with Crippen molar-refractivity contribution in [2.45, 2.75) is 13.0 Å². The van der Waals surface area contributed by atoms with Gasteiger partial charge in [0.15, 0.2) is 0 Å². The van der Waals surface area contributed by atoms with Crippen molar-refractivity contribution in [3.05, 3.63) is 65.2 Å². The Labute approximate surface area is 183 Å². The van der Waals surface area contributed by atoms with Crippen LogP contribution in [-0.2, 0) is 4.79 Å². The zero-order chi connectivity index (χ0) is 22.4. The van der Waals surface area contributed by atoms with Crippen LogP contribution in [0.5, 0.6) is 0 Å². The number of rotatable bonds is 6. The zero-order valence-corrected chi connectivity index (χ0v) is 17.4. The molecule has 0 aliphatic heterocycles. The van der Waals surface area contributed by atoms with Gasteiger partial charge in [0.05, 0.1) is 16.6 Å². The zero-order valence-electron chi connectivity index (χ0n) is 16.7. The van der Waals surface area contributed by atoms with E-state index in [1.807, 2.05) is 0 Å². The molecule has 0 saturated carbocycles. The van der Waals surface area contributed by atoms with Crippen LogP contribution in [0.3, 0.4) is 0 Å². The van der Waals surface area contributed by atoms with Gasteiger partial charge in [-0.05, 0) is 49.9 Å². The van der Waals surface area contributed by atoms with Crippen molar-refractivity contribution in [3.8, 4) is 17.2 Å². The van der Waals surface area contributed by atoms with E-state index in [1.165, 1.54) is 18.5 Å². The van der Waals surface area contributed by atoms with Gasteiger partial charge in [0.2, 0.25) is 5.91 Å². The molecular formula is C21H18ClN7O2. The smallest absolute Gasteiger partial charge is 0.275 e. The summed E-state index contributed by atoms with van der Waals surface area (Å²) in [6.45, 7) is 1.70. The number of hydrogen-bond acceptors (Lipinski definition) is 7. The highest BCUT2D eigenvalue weighted by molar-refractivity contribution is 6.30. The first kappa shape index (κ1) is 21.8. The number of nitrogens with zero attached hydrogens (tertiary/aromatic N) is 4. The van der Waals surface area contributed by atoms with Crippen molar-refractivity contribution >= 4 is 35.1 Å². The summed E-state index contributed by atoms with van der Waals surface area (Å²) in [5.41, 5.74) is 1.64. The van der Waals surface area contributed by atoms with Crippen molar-refractivity contribution in [1.29, 1.82) is 5.26 Å². The van der Waals surface area contributed by atoms with Crippen LogP contribution in [0.25, 0.3) is 11.1 Å². The van der Waals surface area contributed by atoms with E-state index < -0.39 is 11.9 Å². The van der Waals surface area contributed by atoms with Crippen molar-refractivity contribution < 1.29 is 9.59 Å². The fourth-order valence-corrected chi connectivity index (χ4v) is 2.72. The third-order valence-electron chi connectivity index (χ3n) is 4.36. The number of carbonyl (C=O) groups is 2. The summed E-state index contributed by atoms with van der Waals surface area (Å²) < 4.78 is 0. The molecular weight excluding hydrogens is 418 g/mol. The summed E-state index contributed by atoms with van der Waals surface area (Å²) in [5.74, 6) is -0.423. The summed E-state index contributed by atoms with van der Waals surface area (Å²) >= 11 is 5.82. The third-order valence-corrected chi connectivity index (χ3v) is 4.58. The second-order valence-electron chi connectivity index (χ2n) is 6.47. The Morgan fingerprint density at radius 1 is 1.13 bits per heavy atom. The van der Waals surface area contributed by atoms with E-state index in [0.29, 0.717) is 21.7 Å². The number of likely N-dealkylation sites (N-methyl/N-ethyl adjacent to an activating group) is 1. The van der Waals surface area contributed by atoms with Crippen LogP contribution in [0.4, 0.5) is 11.6 Å². The van der Waals surface area contributed by atoms with E-state index in [-0.39, 0.29) is 23.2 Å². The predicted molar refractivity (Wildman–Crippen MR) is 117 cm³/mol. The van der Waals surface area contributed by atoms with Crippen molar-refractivity contribution in [2.24, 2.45) is 0 Å². The fourth-order valence-electron chi connectivity index (χ4n) is 2.61. The van der Waals surface area contributed by atoms with E-state index in [2.05, 4.69) is 37.0 Å². The predicted octanol–water partition coefficient (Wildman–Crippen LogP) is 2.86. The summed E-state index contributed by atoms with van der Waals surface area (Å²) in [6, 6.07) is 9.54. The molecule has 3 aromatic heterocycles. The summed E-state index contributed by atoms with van der Waals surface area (Å²) in [5, 5.41) is 18.0. The molecule has 0 aromatic carbocycles. The topological polar surface area (TPSA) is 133 Å². The molecule has 0 radical (unpaired) electrons. The molecule has 0 spiro atoms. The van der Waals surface area contributed by atoms with E-state index in [4.69, 9.17) is 11.6 Å². The molecule has 0 aliphatic rings. The lowest BCUT2D eigenvalue weighted by atomic mass is 10.0. The number of pyridine rings is 3. The Bertz CT molecular complexity index is 1160. The normalized spacial score (nSPS) is 11.3. The Morgan fingerprint density at radius 3 is 2.52 bits per heavy atom. The van der Waals surface area contributed by atoms with Gasteiger partial charge in [0.25, 0.3) is 5.91 Å². The van der Waals surface area contributed by atoms with Gasteiger partial charge >= 0.3 is 0 Å². The standard InChI is InChI=1S/C21H18ClN7O2/c1-12(24-2)20(30)28-18-7-13(16-5-6-25-10-14(16)9-23)8-19(27-18)29-21(31)17-4-3-15(22)11-26-17/h3-8,10-12,24H,1-2H3,(H2,27,28,29,30,31). The minimum atomic E-state index is -0.502. The molecule has 3 N–H and O–H groups in total. The van der Waals surface area contributed by atoms with Gasteiger partial charge in [-0.15, -0.1) is 0 Å². The van der Waals surface area contributed by atoms with Crippen molar-refractivity contribution in [1.82, 2.24) is 20.3 Å². The highest BCUT2D eigenvalue weighted by Gasteiger charge is 2.16. The van der Waals surface area contributed by atoms with Crippen LogP contribution in [0, 0.1) is 11.3 Å². The monoisotopic (exact) mass is 435 g/mol. The largest absolute Gasteiger partial charge is 0.309 e. The number of amides is 2. The number of aromatic nitrogens is 3. The van der Waals surface area contributed by atoms with Gasteiger partial charge < -0.3 is 16.0 Å². The molecule has 0 aliphatic carbocycles. The molecule has 156 valence electrons. The van der Waals surface area contributed by atoms with Gasteiger partial charge in [-0.3, -0.25) is 14.6 Å². The third kappa shape index (κ3) is 5.39. The quantitative estimate of drug-likeness (QED) is 0.542. The van der Waals surface area contributed by atoms with Gasteiger partial charge in [0.1, 0.15) is 23.4 Å². The molecule has 9 nitrogen and oxygen atoms in total.